The number of para-hydroxylation sites is 1. The van der Waals surface area contributed by atoms with E-state index >= 15 is 0 Å². The van der Waals surface area contributed by atoms with Gasteiger partial charge in [0, 0.05) is 5.39 Å². The molecule has 1 aliphatic rings. The highest BCUT2D eigenvalue weighted by Crippen LogP contribution is 2.40. The summed E-state index contributed by atoms with van der Waals surface area (Å²) in [6.07, 6.45) is 3.00. The van der Waals surface area contributed by atoms with E-state index in [4.69, 9.17) is 4.42 Å². The number of fused-ring (bicyclic) bond motifs is 1. The largest absolute Gasteiger partial charge is 0.458 e. The van der Waals surface area contributed by atoms with E-state index in [-0.39, 0.29) is 0 Å². The van der Waals surface area contributed by atoms with Gasteiger partial charge in [-0.3, -0.25) is 0 Å². The highest BCUT2D eigenvalue weighted by atomic mass is 16.4. The molecule has 2 heteroatoms. The van der Waals surface area contributed by atoms with Crippen molar-refractivity contribution in [2.75, 3.05) is 0 Å². The van der Waals surface area contributed by atoms with Crippen LogP contribution in [0.4, 0.5) is 0 Å². The molecule has 1 fully saturated rings. The molecule has 3 unspecified atom stereocenters. The van der Waals surface area contributed by atoms with Gasteiger partial charge in [-0.15, -0.1) is 0 Å². The Kier molecular flexibility index (Phi) is 2.90. The first-order chi connectivity index (χ1) is 8.65. The summed E-state index contributed by atoms with van der Waals surface area (Å²) < 4.78 is 5.86. The lowest BCUT2D eigenvalue weighted by atomic mass is 9.97. The van der Waals surface area contributed by atoms with Crippen molar-refractivity contribution in [3.8, 4) is 0 Å². The predicted molar refractivity (Wildman–Crippen MR) is 72.4 cm³/mol. The summed E-state index contributed by atoms with van der Waals surface area (Å²) in [6.45, 7) is 4.30. The monoisotopic (exact) mass is 244 g/mol. The van der Waals surface area contributed by atoms with Gasteiger partial charge in [0.05, 0.1) is 0 Å². The van der Waals surface area contributed by atoms with Gasteiger partial charge in [0.1, 0.15) is 17.4 Å². The smallest absolute Gasteiger partial charge is 0.137 e. The molecule has 1 aromatic heterocycles. The maximum atomic E-state index is 10.4. The first-order valence-electron chi connectivity index (χ1n) is 6.82. The van der Waals surface area contributed by atoms with Gasteiger partial charge in [-0.25, -0.2) is 0 Å². The predicted octanol–water partition coefficient (Wildman–Crippen LogP) is 4.21. The fourth-order valence-electron chi connectivity index (χ4n) is 3.14. The van der Waals surface area contributed by atoms with Crippen LogP contribution in [0.25, 0.3) is 11.0 Å². The molecule has 1 saturated carbocycles. The van der Waals surface area contributed by atoms with Crippen LogP contribution >= 0.6 is 0 Å². The number of rotatable bonds is 2. The highest BCUT2D eigenvalue weighted by molar-refractivity contribution is 5.80. The van der Waals surface area contributed by atoms with E-state index in [9.17, 15) is 5.11 Å². The molecule has 0 radical (unpaired) electrons. The molecule has 1 heterocycles. The van der Waals surface area contributed by atoms with Crippen molar-refractivity contribution < 1.29 is 9.52 Å². The Morgan fingerprint density at radius 3 is 2.83 bits per heavy atom. The van der Waals surface area contributed by atoms with Crippen LogP contribution in [0.2, 0.25) is 0 Å². The maximum Gasteiger partial charge on any atom is 0.137 e. The van der Waals surface area contributed by atoms with E-state index in [1.165, 1.54) is 6.42 Å². The Hall–Kier alpha value is -1.28. The van der Waals surface area contributed by atoms with Crippen LogP contribution in [0.15, 0.2) is 28.7 Å². The lowest BCUT2D eigenvalue weighted by Gasteiger charge is -2.15. The summed E-state index contributed by atoms with van der Waals surface area (Å²) in [5.74, 6) is 1.83. The Morgan fingerprint density at radius 1 is 1.33 bits per heavy atom. The Morgan fingerprint density at radius 2 is 2.17 bits per heavy atom. The fraction of sp³-hybridized carbons (Fsp3) is 0.500. The number of aliphatic hydroxyl groups is 1. The minimum absolute atomic E-state index is 0.362. The molecule has 3 rings (SSSR count). The van der Waals surface area contributed by atoms with E-state index < -0.39 is 6.10 Å². The molecule has 1 aliphatic carbocycles. The number of furan rings is 1. The van der Waals surface area contributed by atoms with Crippen molar-refractivity contribution >= 4 is 11.0 Å². The van der Waals surface area contributed by atoms with Crippen molar-refractivity contribution in [1.82, 2.24) is 0 Å². The van der Waals surface area contributed by atoms with Gasteiger partial charge in [0.15, 0.2) is 0 Å². The number of aliphatic hydroxyl groups excluding tert-OH is 1. The van der Waals surface area contributed by atoms with Crippen LogP contribution in [-0.4, -0.2) is 5.11 Å². The number of aryl methyl sites for hydroxylation is 1. The molecule has 0 amide bonds. The molecule has 96 valence electrons. The maximum absolute atomic E-state index is 10.4. The number of benzene rings is 1. The molecular weight excluding hydrogens is 224 g/mol. The van der Waals surface area contributed by atoms with Crippen molar-refractivity contribution in [3.05, 3.63) is 35.6 Å². The molecule has 0 aliphatic heterocycles. The second-order valence-electron chi connectivity index (χ2n) is 5.77. The Bertz CT molecular complexity index is 555. The van der Waals surface area contributed by atoms with Crippen molar-refractivity contribution in [2.24, 2.45) is 11.8 Å². The fourth-order valence-corrected chi connectivity index (χ4v) is 3.14. The standard InChI is InChI=1S/C16H20O2/c1-10-6-7-12(8-10)15(17)14-9-13-5-3-4-11(2)16(13)18-14/h3-5,9-10,12,15,17H,6-8H2,1-2H3. The van der Waals surface area contributed by atoms with Crippen LogP contribution in [0.1, 0.15) is 43.6 Å². The molecule has 2 aromatic rings. The summed E-state index contributed by atoms with van der Waals surface area (Å²) >= 11 is 0. The molecule has 0 bridgehead atoms. The highest BCUT2D eigenvalue weighted by Gasteiger charge is 2.30. The van der Waals surface area contributed by atoms with Crippen LogP contribution < -0.4 is 0 Å². The SMILES string of the molecule is Cc1cccc2cc(C(O)C3CCC(C)C3)oc12. The molecule has 1 aromatic carbocycles. The summed E-state index contributed by atoms with van der Waals surface area (Å²) in [6, 6.07) is 8.11. The normalized spacial score (nSPS) is 25.7. The van der Waals surface area contributed by atoms with E-state index in [1.807, 2.05) is 31.2 Å². The molecular formula is C16H20O2. The topological polar surface area (TPSA) is 33.4 Å². The molecule has 1 N–H and O–H groups in total. The second kappa shape index (κ2) is 4.43. The van der Waals surface area contributed by atoms with Gasteiger partial charge < -0.3 is 9.52 Å². The summed E-state index contributed by atoms with van der Waals surface area (Å²) in [5.41, 5.74) is 2.04. The van der Waals surface area contributed by atoms with E-state index in [1.54, 1.807) is 0 Å². The molecule has 3 atom stereocenters. The van der Waals surface area contributed by atoms with E-state index in [0.717, 1.165) is 41.1 Å². The first-order valence-corrected chi connectivity index (χ1v) is 6.82. The minimum Gasteiger partial charge on any atom is -0.458 e. The lowest BCUT2D eigenvalue weighted by Crippen LogP contribution is -2.08. The second-order valence-corrected chi connectivity index (χ2v) is 5.77. The third-order valence-electron chi connectivity index (χ3n) is 4.23. The molecule has 0 saturated heterocycles. The quantitative estimate of drug-likeness (QED) is 0.858. The number of hydrogen-bond donors (Lipinski definition) is 1. The summed E-state index contributed by atoms with van der Waals surface area (Å²) in [4.78, 5) is 0. The zero-order valence-corrected chi connectivity index (χ0v) is 11.0. The van der Waals surface area contributed by atoms with Gasteiger partial charge in [-0.2, -0.15) is 0 Å². The summed E-state index contributed by atoms with van der Waals surface area (Å²) in [5, 5.41) is 11.5. The molecule has 0 spiro atoms. The van der Waals surface area contributed by atoms with Gasteiger partial charge in [0.25, 0.3) is 0 Å². The van der Waals surface area contributed by atoms with Gasteiger partial charge in [0.2, 0.25) is 0 Å². The number of hydrogen-bond acceptors (Lipinski definition) is 2. The Balaban J connectivity index is 1.92. The minimum atomic E-state index is -0.443. The average molecular weight is 244 g/mol. The first kappa shape index (κ1) is 11.8. The third-order valence-corrected chi connectivity index (χ3v) is 4.23. The van der Waals surface area contributed by atoms with E-state index in [0.29, 0.717) is 5.92 Å². The zero-order chi connectivity index (χ0) is 12.7. The van der Waals surface area contributed by atoms with E-state index in [2.05, 4.69) is 6.92 Å². The molecule has 2 nitrogen and oxygen atoms in total. The van der Waals surface area contributed by atoms with Crippen molar-refractivity contribution in [2.45, 2.75) is 39.2 Å². The van der Waals surface area contributed by atoms with Crippen LogP contribution in [0, 0.1) is 18.8 Å². The van der Waals surface area contributed by atoms with Gasteiger partial charge >= 0.3 is 0 Å². The zero-order valence-electron chi connectivity index (χ0n) is 11.0. The van der Waals surface area contributed by atoms with Crippen LogP contribution in [0.5, 0.6) is 0 Å². The lowest BCUT2D eigenvalue weighted by molar-refractivity contribution is 0.0887. The Labute approximate surface area is 108 Å². The van der Waals surface area contributed by atoms with Gasteiger partial charge in [-0.1, -0.05) is 31.5 Å². The summed E-state index contributed by atoms with van der Waals surface area (Å²) in [7, 11) is 0. The van der Waals surface area contributed by atoms with Crippen LogP contribution in [0.3, 0.4) is 0 Å². The van der Waals surface area contributed by atoms with Crippen molar-refractivity contribution in [1.29, 1.82) is 0 Å². The average Bonchev–Trinajstić information content (AvgIpc) is 2.95. The van der Waals surface area contributed by atoms with Crippen molar-refractivity contribution in [3.63, 3.8) is 0 Å². The third kappa shape index (κ3) is 1.95. The molecule has 18 heavy (non-hydrogen) atoms. The van der Waals surface area contributed by atoms with Gasteiger partial charge in [-0.05, 0) is 43.2 Å². The van der Waals surface area contributed by atoms with Crippen LogP contribution in [-0.2, 0) is 0 Å².